The lowest BCUT2D eigenvalue weighted by molar-refractivity contribution is -0.136. The molecule has 3 aromatic carbocycles. The van der Waals surface area contributed by atoms with Gasteiger partial charge in [0.1, 0.15) is 23.7 Å². The third kappa shape index (κ3) is 8.60. The van der Waals surface area contributed by atoms with E-state index in [1.807, 2.05) is 29.8 Å². The summed E-state index contributed by atoms with van der Waals surface area (Å²) in [4.78, 5) is 73.1. The Labute approximate surface area is 356 Å². The number of rotatable bonds is 10. The van der Waals surface area contributed by atoms with Crippen molar-refractivity contribution in [2.45, 2.75) is 82.8 Å². The predicted molar refractivity (Wildman–Crippen MR) is 234 cm³/mol. The Bertz CT molecular complexity index is 2420. The molecule has 2 aromatic heterocycles. The Hall–Kier alpha value is -5.74. The van der Waals surface area contributed by atoms with Gasteiger partial charge in [0.15, 0.2) is 0 Å². The summed E-state index contributed by atoms with van der Waals surface area (Å²) in [5.41, 5.74) is 5.73. The fourth-order valence-electron chi connectivity index (χ4n) is 9.39. The number of hydrogen-bond acceptors (Lipinski definition) is 9. The van der Waals surface area contributed by atoms with Gasteiger partial charge in [-0.05, 0) is 77.8 Å². The number of H-pyrrole nitrogens is 2. The first-order valence-electron chi connectivity index (χ1n) is 21.3. The van der Waals surface area contributed by atoms with Crippen molar-refractivity contribution in [1.29, 1.82) is 0 Å². The van der Waals surface area contributed by atoms with Crippen molar-refractivity contribution in [1.82, 2.24) is 40.4 Å². The molecule has 3 unspecified atom stereocenters. The Balaban J connectivity index is 1.000. The van der Waals surface area contributed by atoms with Gasteiger partial charge in [0.25, 0.3) is 0 Å². The summed E-state index contributed by atoms with van der Waals surface area (Å²) >= 11 is 0. The number of carbonyl (C=O) groups excluding carboxylic acids is 4. The largest absolute Gasteiger partial charge is 0.453 e. The van der Waals surface area contributed by atoms with Crippen molar-refractivity contribution in [3.8, 4) is 22.4 Å². The van der Waals surface area contributed by atoms with E-state index < -0.39 is 32.3 Å². The van der Waals surface area contributed by atoms with Gasteiger partial charge in [-0.2, -0.15) is 0 Å². The Kier molecular flexibility index (Phi) is 11.9. The van der Waals surface area contributed by atoms with Crippen LogP contribution in [0.15, 0.2) is 60.8 Å². The molecule has 5 aromatic rings. The first kappa shape index (κ1) is 42.0. The number of nitrogens with zero attached hydrogens (tertiary/aromatic N) is 4. The number of nitrogens with one attached hydrogen (secondary N) is 4. The molecule has 61 heavy (non-hydrogen) atoms. The highest BCUT2D eigenvalue weighted by Gasteiger charge is 2.47. The average Bonchev–Trinajstić information content (AvgIpc) is 4.10. The van der Waals surface area contributed by atoms with Crippen LogP contribution in [0.3, 0.4) is 0 Å². The molecule has 4 amide bonds. The zero-order valence-electron chi connectivity index (χ0n) is 35.7. The third-order valence-electron chi connectivity index (χ3n) is 12.6. The zero-order chi connectivity index (χ0) is 43.0. The van der Waals surface area contributed by atoms with Crippen LogP contribution in [-0.4, -0.2) is 114 Å². The quantitative estimate of drug-likeness (QED) is 0.107. The zero-order valence-corrected chi connectivity index (χ0v) is 36.7. The smallest absolute Gasteiger partial charge is 0.407 e. The molecule has 0 saturated carbocycles. The van der Waals surface area contributed by atoms with E-state index in [2.05, 4.69) is 88.3 Å². The number of aromatic amines is 2. The minimum atomic E-state index is -1.81. The maximum atomic E-state index is 14.4. The molecule has 0 spiro atoms. The van der Waals surface area contributed by atoms with Gasteiger partial charge in [-0.15, -0.1) is 0 Å². The summed E-state index contributed by atoms with van der Waals surface area (Å²) in [7, 11) is 0.800. The summed E-state index contributed by atoms with van der Waals surface area (Å²) in [6, 6.07) is 17.9. The topological polar surface area (TPSA) is 184 Å². The van der Waals surface area contributed by atoms with Crippen LogP contribution in [0.2, 0.25) is 19.1 Å². The molecule has 5 heterocycles. The highest BCUT2D eigenvalue weighted by Crippen LogP contribution is 2.40. The molecule has 3 fully saturated rings. The number of carbonyl (C=O) groups is 4. The molecular weight excluding hydrogens is 793 g/mol. The predicted octanol–water partition coefficient (Wildman–Crippen LogP) is 7.10. The standard InChI is InChI=1S/C45H56N8O7Si/c1-26(2)37(50-44(56)58-3)42(54)52-19-7-8-35(52)40-46-23-34(48-40)28-11-9-27(10-12-28)30-13-15-32-31(22-30)14-16-33-39(32)49-41(47-33)36-24-61(5,6)25-53(36)43(55)38(51-45(57)59-4)29-17-20-60-21-18-29/h9-16,22-23,26,29,35-38H,7-8,17-21,24-25H2,1-6H3,(H,46,48)(H,47,49)(H,50,56)(H,51,57)/t35?,36?,37?,38-/m1/s1. The monoisotopic (exact) mass is 848 g/mol. The normalized spacial score (nSPS) is 20.2. The van der Waals surface area contributed by atoms with Crippen LogP contribution in [0.5, 0.6) is 0 Å². The van der Waals surface area contributed by atoms with Gasteiger partial charge >= 0.3 is 12.2 Å². The molecule has 0 aliphatic carbocycles. The number of methoxy groups -OCH3 is 2. The molecule has 3 aliphatic heterocycles. The number of ether oxygens (including phenoxy) is 3. The molecule has 3 saturated heterocycles. The van der Waals surface area contributed by atoms with E-state index in [0.29, 0.717) is 38.8 Å². The molecule has 15 nitrogen and oxygen atoms in total. The van der Waals surface area contributed by atoms with E-state index in [0.717, 1.165) is 74.7 Å². The summed E-state index contributed by atoms with van der Waals surface area (Å²) in [5, 5.41) is 7.65. The molecule has 322 valence electrons. The van der Waals surface area contributed by atoms with Gasteiger partial charge in [0.2, 0.25) is 11.8 Å². The van der Waals surface area contributed by atoms with E-state index in [1.54, 1.807) is 0 Å². The lowest BCUT2D eigenvalue weighted by atomic mass is 9.90. The SMILES string of the molecule is COC(=O)NC(C(=O)N1CCCC1c1ncc(-c2ccc(-c3ccc4c(ccc5[nH]c(C6C[Si](C)(C)CN6C(=O)[C@H](NC(=O)OC)C6CCOCC6)nc54)c3)cc2)[nH]1)C(C)C. The van der Waals surface area contributed by atoms with Gasteiger partial charge in [0, 0.05) is 31.3 Å². The fraction of sp³-hybridized carbons (Fsp3) is 0.467. The first-order valence-corrected chi connectivity index (χ1v) is 24.7. The van der Waals surface area contributed by atoms with E-state index >= 15 is 0 Å². The van der Waals surface area contributed by atoms with Crippen molar-refractivity contribution in [2.75, 3.05) is 40.1 Å². The van der Waals surface area contributed by atoms with Gasteiger partial charge in [-0.1, -0.05) is 69.4 Å². The number of alkyl carbamates (subject to hydrolysis) is 2. The second kappa shape index (κ2) is 17.3. The van der Waals surface area contributed by atoms with Gasteiger partial charge in [0.05, 0.1) is 57.3 Å². The summed E-state index contributed by atoms with van der Waals surface area (Å²) in [5.74, 6) is 1.11. The number of fused-ring (bicyclic) bond motifs is 3. The summed E-state index contributed by atoms with van der Waals surface area (Å²) < 4.78 is 15.3. The van der Waals surface area contributed by atoms with E-state index in [-0.39, 0.29) is 35.7 Å². The molecular formula is C45H56N8O7Si. The van der Waals surface area contributed by atoms with Crippen molar-refractivity contribution in [3.05, 3.63) is 72.4 Å². The van der Waals surface area contributed by atoms with Crippen LogP contribution in [0.25, 0.3) is 44.2 Å². The Morgan fingerprint density at radius 3 is 2.25 bits per heavy atom. The van der Waals surface area contributed by atoms with Gasteiger partial charge in [-0.3, -0.25) is 9.59 Å². The van der Waals surface area contributed by atoms with E-state index in [1.165, 1.54) is 14.2 Å². The van der Waals surface area contributed by atoms with Gasteiger partial charge < -0.3 is 44.6 Å². The molecule has 3 aliphatic rings. The lowest BCUT2D eigenvalue weighted by Crippen LogP contribution is -2.53. The second-order valence-electron chi connectivity index (χ2n) is 17.7. The number of imidazole rings is 2. The maximum absolute atomic E-state index is 14.4. The third-order valence-corrected chi connectivity index (χ3v) is 15.3. The van der Waals surface area contributed by atoms with Crippen LogP contribution in [0, 0.1) is 11.8 Å². The van der Waals surface area contributed by atoms with E-state index in [4.69, 9.17) is 24.2 Å². The lowest BCUT2D eigenvalue weighted by Gasteiger charge is -2.34. The first-order chi connectivity index (χ1) is 29.3. The highest BCUT2D eigenvalue weighted by molar-refractivity contribution is 6.78. The van der Waals surface area contributed by atoms with Crippen molar-refractivity contribution in [3.63, 3.8) is 0 Å². The Morgan fingerprint density at radius 2 is 1.52 bits per heavy atom. The molecule has 0 bridgehead atoms. The average molecular weight is 849 g/mol. The minimum absolute atomic E-state index is 0.0378. The number of likely N-dealkylation sites (tertiary alicyclic amines) is 1. The van der Waals surface area contributed by atoms with Crippen LogP contribution in [0.4, 0.5) is 9.59 Å². The minimum Gasteiger partial charge on any atom is -0.453 e. The molecule has 16 heteroatoms. The fourth-order valence-corrected chi connectivity index (χ4v) is 12.3. The summed E-state index contributed by atoms with van der Waals surface area (Å²) in [6.45, 7) is 10.1. The van der Waals surface area contributed by atoms with Crippen LogP contribution < -0.4 is 10.6 Å². The molecule has 4 atom stereocenters. The highest BCUT2D eigenvalue weighted by atomic mass is 28.3. The number of hydrogen-bond donors (Lipinski definition) is 4. The molecule has 0 radical (unpaired) electrons. The van der Waals surface area contributed by atoms with Gasteiger partial charge in [-0.25, -0.2) is 19.6 Å². The molecule has 4 N–H and O–H groups in total. The number of aromatic nitrogens is 4. The van der Waals surface area contributed by atoms with Crippen LogP contribution in [-0.2, 0) is 23.8 Å². The number of amides is 4. The van der Waals surface area contributed by atoms with Crippen LogP contribution in [0.1, 0.15) is 63.3 Å². The maximum Gasteiger partial charge on any atom is 0.407 e. The molecule has 8 rings (SSSR count). The van der Waals surface area contributed by atoms with Crippen LogP contribution >= 0.6 is 0 Å². The second-order valence-corrected chi connectivity index (χ2v) is 22.8. The number of benzene rings is 3. The van der Waals surface area contributed by atoms with Crippen molar-refractivity contribution >= 4 is 53.9 Å². The van der Waals surface area contributed by atoms with E-state index in [9.17, 15) is 19.2 Å². The summed E-state index contributed by atoms with van der Waals surface area (Å²) in [6.07, 6.45) is 4.26. The van der Waals surface area contributed by atoms with Crippen molar-refractivity contribution < 1.29 is 33.4 Å². The Morgan fingerprint density at radius 1 is 0.820 bits per heavy atom. The van der Waals surface area contributed by atoms with Crippen molar-refractivity contribution in [2.24, 2.45) is 11.8 Å².